The topological polar surface area (TPSA) is 66.4 Å². The summed E-state index contributed by atoms with van der Waals surface area (Å²) in [4.78, 5) is 0. The molecule has 2 N–H and O–H groups in total. The number of phenols is 1. The molecule has 2 rings (SSSR count). The summed E-state index contributed by atoms with van der Waals surface area (Å²) in [6.45, 7) is 2.85. The summed E-state index contributed by atoms with van der Waals surface area (Å²) >= 11 is 0. The van der Waals surface area contributed by atoms with E-state index >= 15 is 0 Å². The smallest absolute Gasteiger partial charge is 0.150 e. The number of rotatable bonds is 5. The van der Waals surface area contributed by atoms with Crippen LogP contribution in [0.1, 0.15) is 18.9 Å². The Bertz CT molecular complexity index is 527. The fourth-order valence-electron chi connectivity index (χ4n) is 2.75. The van der Waals surface area contributed by atoms with E-state index in [9.17, 15) is 13.5 Å². The molecule has 1 aromatic carbocycles. The van der Waals surface area contributed by atoms with Crippen LogP contribution < -0.4 is 5.32 Å². The summed E-state index contributed by atoms with van der Waals surface area (Å²) in [5, 5.41) is 12.9. The van der Waals surface area contributed by atoms with Crippen LogP contribution in [0, 0.1) is 5.92 Å². The molecule has 1 fully saturated rings. The molecule has 5 heteroatoms. The van der Waals surface area contributed by atoms with Crippen LogP contribution in [-0.2, 0) is 16.3 Å². The van der Waals surface area contributed by atoms with Gasteiger partial charge in [0.2, 0.25) is 0 Å². The number of hydrogen-bond donors (Lipinski definition) is 2. The number of likely N-dealkylation sites (N-methyl/N-ethyl adjacent to an activating group) is 1. The normalized spacial score (nSPS) is 23.3. The molecule has 0 saturated carbocycles. The van der Waals surface area contributed by atoms with Gasteiger partial charge in [-0.25, -0.2) is 8.42 Å². The first-order valence-corrected chi connectivity index (χ1v) is 8.54. The van der Waals surface area contributed by atoms with Crippen LogP contribution in [0.2, 0.25) is 0 Å². The minimum absolute atomic E-state index is 0.157. The molecule has 0 aliphatic carbocycles. The second-order valence-electron chi connectivity index (χ2n) is 5.20. The fraction of sp³-hybridized carbons (Fsp3) is 0.571. The second kappa shape index (κ2) is 5.92. The van der Waals surface area contributed by atoms with Gasteiger partial charge in [0.1, 0.15) is 5.75 Å². The zero-order valence-electron chi connectivity index (χ0n) is 11.2. The van der Waals surface area contributed by atoms with Crippen molar-refractivity contribution in [1.29, 1.82) is 0 Å². The quantitative estimate of drug-likeness (QED) is 0.856. The first kappa shape index (κ1) is 14.3. The molecular formula is C14H21NO3S. The highest BCUT2D eigenvalue weighted by molar-refractivity contribution is 7.91. The van der Waals surface area contributed by atoms with Crippen molar-refractivity contribution in [3.05, 3.63) is 29.8 Å². The first-order chi connectivity index (χ1) is 9.00. The van der Waals surface area contributed by atoms with Crippen LogP contribution in [0.4, 0.5) is 0 Å². The van der Waals surface area contributed by atoms with Crippen LogP contribution >= 0.6 is 0 Å². The minimum atomic E-state index is -2.85. The van der Waals surface area contributed by atoms with E-state index in [0.29, 0.717) is 5.75 Å². The van der Waals surface area contributed by atoms with Crippen molar-refractivity contribution in [3.63, 3.8) is 0 Å². The lowest BCUT2D eigenvalue weighted by molar-refractivity contribution is 0.385. The Kier molecular flexibility index (Phi) is 4.47. The summed E-state index contributed by atoms with van der Waals surface area (Å²) in [6.07, 6.45) is 1.49. The Hall–Kier alpha value is -1.07. The SMILES string of the molecule is CCNC(Cc1cccc(O)c1)C1CCS(=O)(=O)C1. The van der Waals surface area contributed by atoms with E-state index in [0.717, 1.165) is 24.9 Å². The third-order valence-corrected chi connectivity index (χ3v) is 5.46. The van der Waals surface area contributed by atoms with Gasteiger partial charge in [0, 0.05) is 6.04 Å². The van der Waals surface area contributed by atoms with E-state index in [1.165, 1.54) is 0 Å². The highest BCUT2D eigenvalue weighted by atomic mass is 32.2. The maximum Gasteiger partial charge on any atom is 0.150 e. The van der Waals surface area contributed by atoms with Gasteiger partial charge in [0.25, 0.3) is 0 Å². The van der Waals surface area contributed by atoms with Gasteiger partial charge in [-0.3, -0.25) is 0 Å². The van der Waals surface area contributed by atoms with Gasteiger partial charge in [-0.15, -0.1) is 0 Å². The molecule has 1 heterocycles. The van der Waals surface area contributed by atoms with Crippen molar-refractivity contribution in [1.82, 2.24) is 5.32 Å². The molecule has 0 bridgehead atoms. The zero-order valence-corrected chi connectivity index (χ0v) is 12.0. The number of phenolic OH excluding ortho intramolecular Hbond substituents is 1. The Morgan fingerprint density at radius 3 is 2.84 bits per heavy atom. The molecule has 1 aromatic rings. The molecule has 0 radical (unpaired) electrons. The molecule has 106 valence electrons. The van der Waals surface area contributed by atoms with Gasteiger partial charge in [-0.05, 0) is 43.0 Å². The highest BCUT2D eigenvalue weighted by Gasteiger charge is 2.33. The number of aromatic hydroxyl groups is 1. The molecule has 0 spiro atoms. The van der Waals surface area contributed by atoms with Crippen molar-refractivity contribution in [3.8, 4) is 5.75 Å². The van der Waals surface area contributed by atoms with E-state index in [4.69, 9.17) is 0 Å². The maximum absolute atomic E-state index is 11.6. The van der Waals surface area contributed by atoms with Crippen molar-refractivity contribution in [2.75, 3.05) is 18.1 Å². The lowest BCUT2D eigenvalue weighted by Crippen LogP contribution is -2.38. The van der Waals surface area contributed by atoms with E-state index in [-0.39, 0.29) is 23.5 Å². The molecule has 0 aromatic heterocycles. The molecule has 1 aliphatic heterocycles. The third-order valence-electron chi connectivity index (χ3n) is 3.67. The van der Waals surface area contributed by atoms with Crippen LogP contribution in [-0.4, -0.2) is 37.6 Å². The van der Waals surface area contributed by atoms with Gasteiger partial charge < -0.3 is 10.4 Å². The van der Waals surface area contributed by atoms with Crippen molar-refractivity contribution >= 4 is 9.84 Å². The van der Waals surface area contributed by atoms with Gasteiger partial charge in [0.15, 0.2) is 9.84 Å². The highest BCUT2D eigenvalue weighted by Crippen LogP contribution is 2.24. The van der Waals surface area contributed by atoms with Gasteiger partial charge in [0.05, 0.1) is 11.5 Å². The fourth-order valence-corrected chi connectivity index (χ4v) is 4.63. The summed E-state index contributed by atoms with van der Waals surface area (Å²) in [7, 11) is -2.85. The van der Waals surface area contributed by atoms with Crippen LogP contribution in [0.3, 0.4) is 0 Å². The van der Waals surface area contributed by atoms with E-state index in [1.54, 1.807) is 12.1 Å². The monoisotopic (exact) mass is 283 g/mol. The van der Waals surface area contributed by atoms with Gasteiger partial charge >= 0.3 is 0 Å². The number of hydrogen-bond acceptors (Lipinski definition) is 4. The van der Waals surface area contributed by atoms with E-state index in [1.807, 2.05) is 19.1 Å². The summed E-state index contributed by atoms with van der Waals surface area (Å²) in [6, 6.07) is 7.33. The van der Waals surface area contributed by atoms with E-state index in [2.05, 4.69) is 5.32 Å². The number of nitrogens with one attached hydrogen (secondary N) is 1. The zero-order chi connectivity index (χ0) is 13.9. The van der Waals surface area contributed by atoms with Crippen molar-refractivity contribution < 1.29 is 13.5 Å². The molecule has 19 heavy (non-hydrogen) atoms. The average molecular weight is 283 g/mol. The Morgan fingerprint density at radius 1 is 1.47 bits per heavy atom. The van der Waals surface area contributed by atoms with Crippen LogP contribution in [0.15, 0.2) is 24.3 Å². The Balaban J connectivity index is 2.08. The van der Waals surface area contributed by atoms with E-state index < -0.39 is 9.84 Å². The van der Waals surface area contributed by atoms with Crippen LogP contribution in [0.5, 0.6) is 5.75 Å². The summed E-state index contributed by atoms with van der Waals surface area (Å²) in [5.41, 5.74) is 1.04. The van der Waals surface area contributed by atoms with Crippen LogP contribution in [0.25, 0.3) is 0 Å². The summed E-state index contributed by atoms with van der Waals surface area (Å²) in [5.74, 6) is 1.02. The largest absolute Gasteiger partial charge is 0.508 e. The molecule has 1 saturated heterocycles. The third kappa shape index (κ3) is 3.94. The Morgan fingerprint density at radius 2 is 2.26 bits per heavy atom. The summed E-state index contributed by atoms with van der Waals surface area (Å²) < 4.78 is 23.2. The van der Waals surface area contributed by atoms with Gasteiger partial charge in [-0.1, -0.05) is 19.1 Å². The molecular weight excluding hydrogens is 262 g/mol. The first-order valence-electron chi connectivity index (χ1n) is 6.72. The standard InChI is InChI=1S/C14H21NO3S/c1-2-15-14(12-6-7-19(17,18)10-12)9-11-4-3-5-13(16)8-11/h3-5,8,12,14-16H,2,6-7,9-10H2,1H3. The van der Waals surface area contributed by atoms with Crippen molar-refractivity contribution in [2.45, 2.75) is 25.8 Å². The minimum Gasteiger partial charge on any atom is -0.508 e. The van der Waals surface area contributed by atoms with Crippen molar-refractivity contribution in [2.24, 2.45) is 5.92 Å². The number of benzene rings is 1. The molecule has 2 atom stereocenters. The lowest BCUT2D eigenvalue weighted by atomic mass is 9.93. The van der Waals surface area contributed by atoms with Gasteiger partial charge in [-0.2, -0.15) is 0 Å². The number of sulfone groups is 1. The molecule has 1 aliphatic rings. The maximum atomic E-state index is 11.6. The average Bonchev–Trinajstić information content (AvgIpc) is 2.69. The molecule has 2 unspecified atom stereocenters. The molecule has 4 nitrogen and oxygen atoms in total. The lowest BCUT2D eigenvalue weighted by Gasteiger charge is -2.23. The second-order valence-corrected chi connectivity index (χ2v) is 7.43. The Labute approximate surface area is 114 Å². The predicted octanol–water partition coefficient (Wildman–Crippen LogP) is 1.35. The molecule has 0 amide bonds. The predicted molar refractivity (Wildman–Crippen MR) is 76.0 cm³/mol.